The number of hydrogen-bond donors (Lipinski definition) is 0. The van der Waals surface area contributed by atoms with E-state index in [1.807, 2.05) is 0 Å². The minimum atomic E-state index is -2.21. The van der Waals surface area contributed by atoms with Crippen LogP contribution >= 0.6 is 0 Å². The summed E-state index contributed by atoms with van der Waals surface area (Å²) < 4.78 is 23.9. The molecule has 1 unspecified atom stereocenters. The van der Waals surface area contributed by atoms with Crippen LogP contribution in [0.25, 0.3) is 0 Å². The van der Waals surface area contributed by atoms with Crippen molar-refractivity contribution in [2.24, 2.45) is 11.8 Å². The van der Waals surface area contributed by atoms with Gasteiger partial charge in [-0.1, -0.05) is 20.8 Å². The second kappa shape index (κ2) is 6.30. The molecule has 1 atom stereocenters. The highest BCUT2D eigenvalue weighted by atomic mass is 19.3. The topological polar surface area (TPSA) is 3.24 Å². The Kier molecular flexibility index (Phi) is 6.21. The molecule has 0 heterocycles. The Morgan fingerprint density at radius 3 is 2.08 bits per heavy atom. The van der Waals surface area contributed by atoms with Gasteiger partial charge < -0.3 is 4.90 Å². The van der Waals surface area contributed by atoms with Crippen LogP contribution < -0.4 is 0 Å². The molecule has 0 amide bonds. The Morgan fingerprint density at radius 2 is 1.69 bits per heavy atom. The molecule has 0 N–H and O–H groups in total. The summed E-state index contributed by atoms with van der Waals surface area (Å²) >= 11 is 0. The largest absolute Gasteiger partial charge is 0.301 e. The van der Waals surface area contributed by atoms with E-state index in [2.05, 4.69) is 20.8 Å². The fourth-order valence-corrected chi connectivity index (χ4v) is 1.08. The van der Waals surface area contributed by atoms with Crippen molar-refractivity contribution in [2.75, 3.05) is 20.1 Å². The zero-order chi connectivity index (χ0) is 10.4. The predicted octanol–water partition coefficient (Wildman–Crippen LogP) is 2.87. The van der Waals surface area contributed by atoms with E-state index >= 15 is 0 Å². The number of hydrogen-bond acceptors (Lipinski definition) is 1. The molecule has 0 aromatic rings. The van der Waals surface area contributed by atoms with Gasteiger partial charge >= 0.3 is 0 Å². The molecule has 0 aliphatic heterocycles. The van der Waals surface area contributed by atoms with E-state index in [0.717, 1.165) is 13.0 Å². The van der Waals surface area contributed by atoms with Crippen molar-refractivity contribution in [1.82, 2.24) is 4.90 Å². The minimum Gasteiger partial charge on any atom is -0.301 e. The molecule has 0 spiro atoms. The molecule has 0 saturated carbocycles. The number of halogens is 2. The number of rotatable bonds is 6. The summed E-state index contributed by atoms with van der Waals surface area (Å²) in [7, 11) is 1.75. The lowest BCUT2D eigenvalue weighted by atomic mass is 9.95. The summed E-state index contributed by atoms with van der Waals surface area (Å²) in [4.78, 5) is 1.70. The van der Waals surface area contributed by atoms with Crippen LogP contribution in [0, 0.1) is 11.8 Å². The zero-order valence-corrected chi connectivity index (χ0v) is 9.06. The van der Waals surface area contributed by atoms with Gasteiger partial charge in [-0.2, -0.15) is 0 Å². The lowest BCUT2D eigenvalue weighted by Gasteiger charge is -2.20. The first-order valence-electron chi connectivity index (χ1n) is 4.90. The van der Waals surface area contributed by atoms with Crippen LogP contribution in [0.3, 0.4) is 0 Å². The first-order chi connectivity index (χ1) is 5.93. The maximum absolute atomic E-state index is 11.9. The summed E-state index contributed by atoms with van der Waals surface area (Å²) in [6.07, 6.45) is -1.21. The Balaban J connectivity index is 3.51. The quantitative estimate of drug-likeness (QED) is 0.627. The summed E-state index contributed by atoms with van der Waals surface area (Å²) in [6.45, 7) is 7.16. The molecule has 0 saturated heterocycles. The molecule has 0 fully saturated rings. The van der Waals surface area contributed by atoms with Crippen LogP contribution in [0.15, 0.2) is 0 Å². The highest BCUT2D eigenvalue weighted by molar-refractivity contribution is 4.61. The fourth-order valence-electron chi connectivity index (χ4n) is 1.08. The van der Waals surface area contributed by atoms with Crippen molar-refractivity contribution in [3.63, 3.8) is 0 Å². The van der Waals surface area contributed by atoms with Gasteiger partial charge in [-0.3, -0.25) is 0 Å². The van der Waals surface area contributed by atoms with Crippen LogP contribution in [0.1, 0.15) is 27.2 Å². The van der Waals surface area contributed by atoms with Crippen molar-refractivity contribution in [2.45, 2.75) is 33.6 Å². The van der Waals surface area contributed by atoms with E-state index in [1.165, 1.54) is 0 Å². The summed E-state index contributed by atoms with van der Waals surface area (Å²) in [5.41, 5.74) is 0. The first kappa shape index (κ1) is 12.8. The van der Waals surface area contributed by atoms with Gasteiger partial charge in [-0.25, -0.2) is 8.78 Å². The van der Waals surface area contributed by atoms with Gasteiger partial charge in [0, 0.05) is 0 Å². The van der Waals surface area contributed by atoms with E-state index in [9.17, 15) is 8.78 Å². The molecule has 0 aliphatic rings. The van der Waals surface area contributed by atoms with E-state index in [0.29, 0.717) is 11.8 Å². The van der Waals surface area contributed by atoms with Gasteiger partial charge in [0.05, 0.1) is 6.54 Å². The molecule has 3 heteroatoms. The van der Waals surface area contributed by atoms with Crippen molar-refractivity contribution < 1.29 is 8.78 Å². The molecule has 1 nitrogen and oxygen atoms in total. The lowest BCUT2D eigenvalue weighted by molar-refractivity contribution is 0.0969. The third-order valence-electron chi connectivity index (χ3n) is 2.55. The highest BCUT2D eigenvalue weighted by Gasteiger charge is 2.11. The zero-order valence-electron chi connectivity index (χ0n) is 9.06. The van der Waals surface area contributed by atoms with E-state index in [4.69, 9.17) is 0 Å². The number of nitrogens with zero attached hydrogens (tertiary/aromatic N) is 1. The smallest absolute Gasteiger partial charge is 0.251 e. The molecule has 0 bridgehead atoms. The molecule has 80 valence electrons. The highest BCUT2D eigenvalue weighted by Crippen LogP contribution is 2.14. The molecule has 0 rings (SSSR count). The Labute approximate surface area is 80.1 Å². The van der Waals surface area contributed by atoms with Gasteiger partial charge in [0.1, 0.15) is 0 Å². The van der Waals surface area contributed by atoms with Gasteiger partial charge in [-0.05, 0) is 31.8 Å². The Morgan fingerprint density at radius 1 is 1.15 bits per heavy atom. The second-order valence-electron chi connectivity index (χ2n) is 4.16. The summed E-state index contributed by atoms with van der Waals surface area (Å²) in [5, 5.41) is 0. The maximum atomic E-state index is 11.9. The second-order valence-corrected chi connectivity index (χ2v) is 4.16. The first-order valence-corrected chi connectivity index (χ1v) is 4.90. The average Bonchev–Trinajstić information content (AvgIpc) is 1.98. The van der Waals surface area contributed by atoms with Crippen LogP contribution in [-0.2, 0) is 0 Å². The van der Waals surface area contributed by atoms with Crippen LogP contribution in [0.4, 0.5) is 8.78 Å². The van der Waals surface area contributed by atoms with Crippen LogP contribution in [0.2, 0.25) is 0 Å². The monoisotopic (exact) mass is 193 g/mol. The summed E-state index contributed by atoms with van der Waals surface area (Å²) in [6, 6.07) is 0. The predicted molar refractivity (Wildman–Crippen MR) is 52.1 cm³/mol. The van der Waals surface area contributed by atoms with Crippen LogP contribution in [-0.4, -0.2) is 31.5 Å². The third-order valence-corrected chi connectivity index (χ3v) is 2.55. The average molecular weight is 193 g/mol. The SMILES string of the molecule is CC(C)C(C)CCN(C)CC(F)F. The molecule has 0 aliphatic carbocycles. The van der Waals surface area contributed by atoms with Gasteiger partial charge in [0.2, 0.25) is 0 Å². The molecule has 0 aromatic heterocycles. The minimum absolute atomic E-state index is 0.106. The molecule has 0 radical (unpaired) electrons. The van der Waals surface area contributed by atoms with E-state index in [1.54, 1.807) is 11.9 Å². The Bertz CT molecular complexity index is 126. The summed E-state index contributed by atoms with van der Waals surface area (Å²) in [5.74, 6) is 1.25. The molecule has 13 heavy (non-hydrogen) atoms. The standard InChI is InChI=1S/C10H21F2N/c1-8(2)9(3)5-6-13(4)7-10(11)12/h8-10H,5-7H2,1-4H3. The Hall–Kier alpha value is -0.180. The van der Waals surface area contributed by atoms with Gasteiger partial charge in [0.15, 0.2) is 0 Å². The van der Waals surface area contributed by atoms with Crippen molar-refractivity contribution >= 4 is 0 Å². The maximum Gasteiger partial charge on any atom is 0.251 e. The van der Waals surface area contributed by atoms with Crippen molar-refractivity contribution in [3.05, 3.63) is 0 Å². The normalized spacial score (nSPS) is 14.5. The number of alkyl halides is 2. The fraction of sp³-hybridized carbons (Fsp3) is 1.00. The van der Waals surface area contributed by atoms with Crippen LogP contribution in [0.5, 0.6) is 0 Å². The van der Waals surface area contributed by atoms with Gasteiger partial charge in [-0.15, -0.1) is 0 Å². The molecule has 0 aromatic carbocycles. The van der Waals surface area contributed by atoms with Crippen molar-refractivity contribution in [1.29, 1.82) is 0 Å². The molecular weight excluding hydrogens is 172 g/mol. The molecular formula is C10H21F2N. The van der Waals surface area contributed by atoms with Crippen molar-refractivity contribution in [3.8, 4) is 0 Å². The van der Waals surface area contributed by atoms with E-state index in [-0.39, 0.29) is 6.54 Å². The lowest BCUT2D eigenvalue weighted by Crippen LogP contribution is -2.27. The van der Waals surface area contributed by atoms with Gasteiger partial charge in [0.25, 0.3) is 6.43 Å². The third kappa shape index (κ3) is 6.94. The van der Waals surface area contributed by atoms with E-state index < -0.39 is 6.43 Å².